The number of nitrogens with one attached hydrogen (secondary N) is 2. The van der Waals surface area contributed by atoms with E-state index in [4.69, 9.17) is 4.74 Å². The summed E-state index contributed by atoms with van der Waals surface area (Å²) in [6, 6.07) is 14.5. The topological polar surface area (TPSA) is 96.5 Å². The van der Waals surface area contributed by atoms with Crippen molar-refractivity contribution in [2.75, 3.05) is 31.6 Å². The van der Waals surface area contributed by atoms with E-state index in [1.54, 1.807) is 24.4 Å². The first-order valence-electron chi connectivity index (χ1n) is 12.3. The molecule has 4 rings (SSSR count). The average molecular weight is 510 g/mol. The molecule has 36 heavy (non-hydrogen) atoms. The van der Waals surface area contributed by atoms with E-state index in [0.717, 1.165) is 23.5 Å². The van der Waals surface area contributed by atoms with E-state index in [2.05, 4.69) is 24.9 Å². The van der Waals surface area contributed by atoms with Crippen LogP contribution in [-0.4, -0.2) is 55.1 Å². The van der Waals surface area contributed by atoms with Crippen LogP contribution in [0.15, 0.2) is 59.6 Å². The van der Waals surface area contributed by atoms with Gasteiger partial charge in [0.1, 0.15) is 12.4 Å². The highest BCUT2D eigenvalue weighted by Crippen LogP contribution is 2.26. The highest BCUT2D eigenvalue weighted by molar-refractivity contribution is 7.89. The standard InChI is InChI=1S/C27H35N5O3S/c1-20-19-28-26(29-22-10-12-23(13-11-22)35-17-16-32-14-5-6-15-32)30-25(20)21-8-7-9-24(18-21)36(33,34)31-27(2,3)4/h7-13,18-19,31H,5-6,14-17H2,1-4H3,(H,28,29,30). The maximum absolute atomic E-state index is 12.8. The Kier molecular flexibility index (Phi) is 7.92. The number of hydrogen-bond acceptors (Lipinski definition) is 7. The molecule has 0 atom stereocenters. The molecule has 8 nitrogen and oxygen atoms in total. The fourth-order valence-corrected chi connectivity index (χ4v) is 5.59. The summed E-state index contributed by atoms with van der Waals surface area (Å²) >= 11 is 0. The van der Waals surface area contributed by atoms with E-state index in [9.17, 15) is 8.42 Å². The van der Waals surface area contributed by atoms with Gasteiger partial charge < -0.3 is 10.1 Å². The van der Waals surface area contributed by atoms with Gasteiger partial charge in [-0.15, -0.1) is 0 Å². The SMILES string of the molecule is Cc1cnc(Nc2ccc(OCCN3CCCC3)cc2)nc1-c1cccc(S(=O)(=O)NC(C)(C)C)c1. The van der Waals surface area contributed by atoms with Crippen molar-refractivity contribution in [2.24, 2.45) is 0 Å². The van der Waals surface area contributed by atoms with Crippen LogP contribution in [0.4, 0.5) is 11.6 Å². The molecule has 0 aliphatic carbocycles. The number of benzene rings is 2. The molecule has 1 aliphatic rings. The van der Waals surface area contributed by atoms with Crippen LogP contribution in [0.1, 0.15) is 39.2 Å². The predicted molar refractivity (Wildman–Crippen MR) is 143 cm³/mol. The van der Waals surface area contributed by atoms with Gasteiger partial charge in [-0.3, -0.25) is 4.90 Å². The molecule has 0 amide bonds. The van der Waals surface area contributed by atoms with Crippen molar-refractivity contribution in [3.63, 3.8) is 0 Å². The molecule has 1 fully saturated rings. The zero-order chi connectivity index (χ0) is 25.8. The van der Waals surface area contributed by atoms with Crippen molar-refractivity contribution in [2.45, 2.75) is 51.0 Å². The summed E-state index contributed by atoms with van der Waals surface area (Å²) in [6.07, 6.45) is 4.29. The molecular formula is C27H35N5O3S. The second kappa shape index (κ2) is 10.9. The van der Waals surface area contributed by atoms with Crippen molar-refractivity contribution in [1.29, 1.82) is 0 Å². The Bertz CT molecular complexity index is 1280. The van der Waals surface area contributed by atoms with Gasteiger partial charge in [-0.1, -0.05) is 12.1 Å². The minimum absolute atomic E-state index is 0.197. The smallest absolute Gasteiger partial charge is 0.241 e. The zero-order valence-corrected chi connectivity index (χ0v) is 22.2. The molecule has 2 heterocycles. The van der Waals surface area contributed by atoms with Gasteiger partial charge in [0.05, 0.1) is 10.6 Å². The number of hydrogen-bond donors (Lipinski definition) is 2. The molecule has 2 aromatic carbocycles. The lowest BCUT2D eigenvalue weighted by Crippen LogP contribution is -2.40. The molecule has 0 saturated carbocycles. The van der Waals surface area contributed by atoms with Gasteiger partial charge in [0.25, 0.3) is 0 Å². The number of likely N-dealkylation sites (tertiary alicyclic amines) is 1. The van der Waals surface area contributed by atoms with Gasteiger partial charge in [0.2, 0.25) is 16.0 Å². The predicted octanol–water partition coefficient (Wildman–Crippen LogP) is 4.75. The first-order chi connectivity index (χ1) is 17.1. The number of nitrogens with zero attached hydrogens (tertiary/aromatic N) is 3. The van der Waals surface area contributed by atoms with Crippen LogP contribution < -0.4 is 14.8 Å². The first kappa shape index (κ1) is 26.1. The van der Waals surface area contributed by atoms with Crippen LogP contribution >= 0.6 is 0 Å². The summed E-state index contributed by atoms with van der Waals surface area (Å²) in [4.78, 5) is 11.7. The fraction of sp³-hybridized carbons (Fsp3) is 0.407. The lowest BCUT2D eigenvalue weighted by atomic mass is 10.1. The van der Waals surface area contributed by atoms with Crippen LogP contribution in [0.2, 0.25) is 0 Å². The third kappa shape index (κ3) is 7.02. The summed E-state index contributed by atoms with van der Waals surface area (Å²) in [5.41, 5.74) is 2.48. The van der Waals surface area contributed by atoms with Crippen molar-refractivity contribution in [3.8, 4) is 17.0 Å². The lowest BCUT2D eigenvalue weighted by Gasteiger charge is -2.20. The van der Waals surface area contributed by atoms with Gasteiger partial charge >= 0.3 is 0 Å². The van der Waals surface area contributed by atoms with Crippen LogP contribution in [0.5, 0.6) is 5.75 Å². The first-order valence-corrected chi connectivity index (χ1v) is 13.8. The largest absolute Gasteiger partial charge is 0.492 e. The van der Waals surface area contributed by atoms with Gasteiger partial charge in [0.15, 0.2) is 0 Å². The number of ether oxygens (including phenoxy) is 1. The minimum atomic E-state index is -3.66. The van der Waals surface area contributed by atoms with E-state index >= 15 is 0 Å². The Morgan fingerprint density at radius 2 is 1.78 bits per heavy atom. The maximum atomic E-state index is 12.8. The Balaban J connectivity index is 1.45. The van der Waals surface area contributed by atoms with E-state index < -0.39 is 15.6 Å². The van der Waals surface area contributed by atoms with Gasteiger partial charge in [-0.05, 0) is 95.6 Å². The average Bonchev–Trinajstić information content (AvgIpc) is 3.34. The maximum Gasteiger partial charge on any atom is 0.241 e. The van der Waals surface area contributed by atoms with E-state index in [0.29, 0.717) is 23.8 Å². The second-order valence-corrected chi connectivity index (χ2v) is 11.8. The molecule has 0 bridgehead atoms. The summed E-state index contributed by atoms with van der Waals surface area (Å²) in [6.45, 7) is 11.3. The van der Waals surface area contributed by atoms with Crippen molar-refractivity contribution >= 4 is 21.7 Å². The summed E-state index contributed by atoms with van der Waals surface area (Å²) in [5.74, 6) is 1.26. The van der Waals surface area contributed by atoms with Crippen LogP contribution in [-0.2, 0) is 10.0 Å². The number of sulfonamides is 1. The third-order valence-corrected chi connectivity index (χ3v) is 7.57. The Morgan fingerprint density at radius 1 is 1.06 bits per heavy atom. The molecule has 2 N–H and O–H groups in total. The third-order valence-electron chi connectivity index (χ3n) is 5.82. The van der Waals surface area contributed by atoms with Crippen molar-refractivity contribution < 1.29 is 13.2 Å². The highest BCUT2D eigenvalue weighted by atomic mass is 32.2. The quantitative estimate of drug-likeness (QED) is 0.430. The van der Waals surface area contributed by atoms with Gasteiger partial charge in [-0.2, -0.15) is 0 Å². The van der Waals surface area contributed by atoms with Crippen molar-refractivity contribution in [1.82, 2.24) is 19.6 Å². The molecule has 1 aliphatic heterocycles. The molecule has 0 radical (unpaired) electrons. The number of anilines is 2. The summed E-state index contributed by atoms with van der Waals surface area (Å²) in [7, 11) is -3.66. The second-order valence-electron chi connectivity index (χ2n) is 10.2. The zero-order valence-electron chi connectivity index (χ0n) is 21.4. The van der Waals surface area contributed by atoms with E-state index in [1.807, 2.05) is 58.0 Å². The monoisotopic (exact) mass is 509 g/mol. The molecule has 0 unspecified atom stereocenters. The number of aromatic nitrogens is 2. The number of aryl methyl sites for hydroxylation is 1. The normalized spacial score (nSPS) is 14.7. The van der Waals surface area contributed by atoms with E-state index in [-0.39, 0.29) is 4.90 Å². The summed E-state index contributed by atoms with van der Waals surface area (Å²) in [5, 5.41) is 3.23. The Morgan fingerprint density at radius 3 is 2.47 bits per heavy atom. The van der Waals surface area contributed by atoms with Crippen LogP contribution in [0, 0.1) is 6.92 Å². The van der Waals surface area contributed by atoms with Crippen molar-refractivity contribution in [3.05, 3.63) is 60.3 Å². The lowest BCUT2D eigenvalue weighted by molar-refractivity contribution is 0.238. The molecular weight excluding hydrogens is 474 g/mol. The molecule has 3 aromatic rings. The molecule has 1 saturated heterocycles. The molecule has 1 aromatic heterocycles. The van der Waals surface area contributed by atoms with Gasteiger partial charge in [-0.25, -0.2) is 23.1 Å². The van der Waals surface area contributed by atoms with Crippen LogP contribution in [0.25, 0.3) is 11.3 Å². The fourth-order valence-electron chi connectivity index (χ4n) is 4.13. The summed E-state index contributed by atoms with van der Waals surface area (Å²) < 4.78 is 34.2. The molecule has 192 valence electrons. The van der Waals surface area contributed by atoms with Gasteiger partial charge in [0, 0.05) is 29.5 Å². The van der Waals surface area contributed by atoms with Crippen LogP contribution in [0.3, 0.4) is 0 Å². The molecule has 9 heteroatoms. The molecule has 0 spiro atoms. The Labute approximate surface area is 214 Å². The number of rotatable bonds is 9. The van der Waals surface area contributed by atoms with E-state index in [1.165, 1.54) is 25.9 Å². The highest BCUT2D eigenvalue weighted by Gasteiger charge is 2.22. The Hall–Kier alpha value is -3.01. The minimum Gasteiger partial charge on any atom is -0.492 e.